The molecule has 3 aromatic carbocycles. The van der Waals surface area contributed by atoms with Gasteiger partial charge in [-0.05, 0) is 54.3 Å². The maximum absolute atomic E-state index is 12.6. The fourth-order valence-corrected chi connectivity index (χ4v) is 4.34. The molecule has 0 atom stereocenters. The van der Waals surface area contributed by atoms with E-state index in [1.165, 1.54) is 6.21 Å². The standard InChI is InChI=1S/C20H19NO2S/c1-14-10-15(2)20(16(3)11-14)24(22,23)21-13-17-8-9-18-6-4-5-7-19(18)12-17/h4-13H,1-3H3/b21-13+. The van der Waals surface area contributed by atoms with Crippen LogP contribution in [0.5, 0.6) is 0 Å². The van der Waals surface area contributed by atoms with Crippen LogP contribution < -0.4 is 0 Å². The van der Waals surface area contributed by atoms with Gasteiger partial charge in [0.05, 0.1) is 4.90 Å². The van der Waals surface area contributed by atoms with E-state index < -0.39 is 10.0 Å². The zero-order chi connectivity index (χ0) is 17.3. The summed E-state index contributed by atoms with van der Waals surface area (Å²) in [7, 11) is -3.72. The maximum atomic E-state index is 12.6. The van der Waals surface area contributed by atoms with E-state index in [2.05, 4.69) is 4.40 Å². The summed E-state index contributed by atoms with van der Waals surface area (Å²) in [5.41, 5.74) is 3.26. The maximum Gasteiger partial charge on any atom is 0.282 e. The Morgan fingerprint density at radius 3 is 2.12 bits per heavy atom. The number of nitrogens with zero attached hydrogens (tertiary/aromatic N) is 1. The summed E-state index contributed by atoms with van der Waals surface area (Å²) in [6, 6.07) is 17.5. The Balaban J connectivity index is 2.00. The van der Waals surface area contributed by atoms with Gasteiger partial charge in [0, 0.05) is 6.21 Å². The molecule has 0 aliphatic rings. The number of sulfonamides is 1. The first-order chi connectivity index (χ1) is 11.4. The van der Waals surface area contributed by atoms with Crippen molar-refractivity contribution in [2.24, 2.45) is 4.40 Å². The van der Waals surface area contributed by atoms with Crippen LogP contribution in [0.3, 0.4) is 0 Å². The molecular weight excluding hydrogens is 318 g/mol. The van der Waals surface area contributed by atoms with Gasteiger partial charge in [-0.3, -0.25) is 0 Å². The Morgan fingerprint density at radius 2 is 1.46 bits per heavy atom. The average Bonchev–Trinajstić information content (AvgIpc) is 2.51. The second-order valence-corrected chi connectivity index (χ2v) is 7.61. The fourth-order valence-electron chi connectivity index (χ4n) is 3.04. The van der Waals surface area contributed by atoms with Crippen LogP contribution in [0.1, 0.15) is 22.3 Å². The summed E-state index contributed by atoms with van der Waals surface area (Å²) in [6.45, 7) is 5.56. The number of hydrogen-bond donors (Lipinski definition) is 0. The summed E-state index contributed by atoms with van der Waals surface area (Å²) in [5.74, 6) is 0. The molecule has 0 fully saturated rings. The molecule has 0 heterocycles. The molecule has 122 valence electrons. The Hall–Kier alpha value is -2.46. The third-order valence-corrected chi connectivity index (χ3v) is 5.52. The summed E-state index contributed by atoms with van der Waals surface area (Å²) in [4.78, 5) is 0.296. The molecule has 0 aliphatic heterocycles. The van der Waals surface area contributed by atoms with Crippen molar-refractivity contribution in [2.75, 3.05) is 0 Å². The molecule has 3 rings (SSSR count). The van der Waals surface area contributed by atoms with E-state index in [1.54, 1.807) is 13.8 Å². The lowest BCUT2D eigenvalue weighted by molar-refractivity contribution is 0.597. The Bertz CT molecular complexity index is 1030. The van der Waals surface area contributed by atoms with Crippen molar-refractivity contribution in [3.8, 4) is 0 Å². The van der Waals surface area contributed by atoms with Crippen LogP contribution in [0.4, 0.5) is 0 Å². The molecule has 0 spiro atoms. The molecule has 24 heavy (non-hydrogen) atoms. The van der Waals surface area contributed by atoms with E-state index >= 15 is 0 Å². The van der Waals surface area contributed by atoms with E-state index in [0.717, 1.165) is 33.0 Å². The second-order valence-electron chi connectivity index (χ2n) is 6.04. The van der Waals surface area contributed by atoms with Crippen molar-refractivity contribution in [1.29, 1.82) is 0 Å². The van der Waals surface area contributed by atoms with Gasteiger partial charge >= 0.3 is 0 Å². The highest BCUT2D eigenvalue weighted by Gasteiger charge is 2.18. The minimum absolute atomic E-state index is 0.296. The number of benzene rings is 3. The van der Waals surface area contributed by atoms with E-state index in [4.69, 9.17) is 0 Å². The van der Waals surface area contributed by atoms with Gasteiger partial charge in [0.2, 0.25) is 0 Å². The number of fused-ring (bicyclic) bond motifs is 1. The van der Waals surface area contributed by atoms with Crippen LogP contribution >= 0.6 is 0 Å². The third-order valence-electron chi connectivity index (χ3n) is 3.98. The molecule has 3 aromatic rings. The molecule has 0 amide bonds. The molecule has 0 saturated heterocycles. The van der Waals surface area contributed by atoms with Crippen LogP contribution in [0.25, 0.3) is 10.8 Å². The van der Waals surface area contributed by atoms with Gasteiger partial charge in [0.15, 0.2) is 0 Å². The Kier molecular flexibility index (Phi) is 4.24. The van der Waals surface area contributed by atoms with E-state index in [-0.39, 0.29) is 0 Å². The van der Waals surface area contributed by atoms with Gasteiger partial charge in [-0.25, -0.2) is 0 Å². The van der Waals surface area contributed by atoms with Gasteiger partial charge < -0.3 is 0 Å². The van der Waals surface area contributed by atoms with Crippen LogP contribution in [-0.2, 0) is 10.0 Å². The Labute approximate surface area is 142 Å². The van der Waals surface area contributed by atoms with Gasteiger partial charge in [-0.2, -0.15) is 12.8 Å². The molecule has 3 nitrogen and oxygen atoms in total. The first kappa shape index (κ1) is 16.4. The second kappa shape index (κ2) is 6.21. The number of hydrogen-bond acceptors (Lipinski definition) is 2. The predicted molar refractivity (Wildman–Crippen MR) is 99.4 cm³/mol. The van der Waals surface area contributed by atoms with Crippen LogP contribution in [0, 0.1) is 20.8 Å². The smallest absolute Gasteiger partial charge is 0.199 e. The molecule has 0 N–H and O–H groups in total. The lowest BCUT2D eigenvalue weighted by Gasteiger charge is -2.09. The number of rotatable bonds is 3. The van der Waals surface area contributed by atoms with E-state index in [1.807, 2.05) is 61.5 Å². The van der Waals surface area contributed by atoms with Crippen molar-refractivity contribution in [3.05, 3.63) is 76.9 Å². The molecule has 0 radical (unpaired) electrons. The molecular formula is C20H19NO2S. The summed E-state index contributed by atoms with van der Waals surface area (Å²) < 4.78 is 29.2. The summed E-state index contributed by atoms with van der Waals surface area (Å²) in [5, 5.41) is 2.17. The first-order valence-electron chi connectivity index (χ1n) is 7.74. The molecule has 0 aromatic heterocycles. The van der Waals surface area contributed by atoms with Crippen molar-refractivity contribution in [2.45, 2.75) is 25.7 Å². The monoisotopic (exact) mass is 337 g/mol. The van der Waals surface area contributed by atoms with Crippen molar-refractivity contribution < 1.29 is 8.42 Å². The van der Waals surface area contributed by atoms with Crippen LogP contribution in [0.2, 0.25) is 0 Å². The molecule has 4 heteroatoms. The summed E-state index contributed by atoms with van der Waals surface area (Å²) >= 11 is 0. The van der Waals surface area contributed by atoms with Crippen molar-refractivity contribution in [3.63, 3.8) is 0 Å². The molecule has 0 unspecified atom stereocenters. The zero-order valence-corrected chi connectivity index (χ0v) is 14.8. The van der Waals surface area contributed by atoms with Gasteiger partial charge in [-0.15, -0.1) is 0 Å². The van der Waals surface area contributed by atoms with Crippen molar-refractivity contribution >= 4 is 27.0 Å². The van der Waals surface area contributed by atoms with Gasteiger partial charge in [0.1, 0.15) is 0 Å². The molecule has 0 bridgehead atoms. The zero-order valence-electron chi connectivity index (χ0n) is 13.9. The van der Waals surface area contributed by atoms with Gasteiger partial charge in [0.25, 0.3) is 10.0 Å². The fraction of sp³-hybridized carbons (Fsp3) is 0.150. The highest BCUT2D eigenvalue weighted by atomic mass is 32.2. The normalized spacial score (nSPS) is 12.1. The minimum Gasteiger partial charge on any atom is -0.199 e. The predicted octanol–water partition coefficient (Wildman–Crippen LogP) is 4.57. The molecule has 0 aliphatic carbocycles. The van der Waals surface area contributed by atoms with E-state index in [0.29, 0.717) is 4.90 Å². The van der Waals surface area contributed by atoms with Gasteiger partial charge in [-0.1, -0.05) is 54.1 Å². The highest BCUT2D eigenvalue weighted by molar-refractivity contribution is 7.90. The SMILES string of the molecule is Cc1cc(C)c(S(=O)(=O)/N=C/c2ccc3ccccc3c2)c(C)c1. The first-order valence-corrected chi connectivity index (χ1v) is 9.18. The average molecular weight is 337 g/mol. The summed E-state index contributed by atoms with van der Waals surface area (Å²) in [6.07, 6.45) is 1.42. The third kappa shape index (κ3) is 3.24. The Morgan fingerprint density at radius 1 is 0.833 bits per heavy atom. The minimum atomic E-state index is -3.72. The number of aryl methyl sites for hydroxylation is 3. The lowest BCUT2D eigenvalue weighted by Crippen LogP contribution is -2.04. The topological polar surface area (TPSA) is 46.5 Å². The quantitative estimate of drug-likeness (QED) is 0.657. The van der Waals surface area contributed by atoms with Crippen molar-refractivity contribution in [1.82, 2.24) is 0 Å². The highest BCUT2D eigenvalue weighted by Crippen LogP contribution is 2.23. The largest absolute Gasteiger partial charge is 0.282 e. The molecule has 0 saturated carbocycles. The van der Waals surface area contributed by atoms with E-state index in [9.17, 15) is 8.42 Å². The van der Waals surface area contributed by atoms with Crippen LogP contribution in [0.15, 0.2) is 63.9 Å². The lowest BCUT2D eigenvalue weighted by atomic mass is 10.1. The van der Waals surface area contributed by atoms with Crippen LogP contribution in [-0.4, -0.2) is 14.6 Å².